The second-order valence-corrected chi connectivity index (χ2v) is 4.09. The molecule has 0 amide bonds. The van der Waals surface area contributed by atoms with Crippen LogP contribution in [0.2, 0.25) is 0 Å². The van der Waals surface area contributed by atoms with E-state index >= 15 is 0 Å². The van der Waals surface area contributed by atoms with Gasteiger partial charge < -0.3 is 14.6 Å². The van der Waals surface area contributed by atoms with Crippen molar-refractivity contribution in [2.24, 2.45) is 0 Å². The van der Waals surface area contributed by atoms with Gasteiger partial charge in [-0.3, -0.25) is 4.90 Å². The van der Waals surface area contributed by atoms with Crippen molar-refractivity contribution in [3.63, 3.8) is 0 Å². The summed E-state index contributed by atoms with van der Waals surface area (Å²) in [6, 6.07) is -0.0468. The number of hydrogen-bond donors (Lipinski definition) is 1. The van der Waals surface area contributed by atoms with Gasteiger partial charge in [0.1, 0.15) is 6.61 Å². The number of aliphatic hydroxyl groups excluding tert-OH is 1. The zero-order valence-electron chi connectivity index (χ0n) is 9.74. The molecule has 1 aliphatic heterocycles. The van der Waals surface area contributed by atoms with Gasteiger partial charge in [-0.1, -0.05) is 0 Å². The van der Waals surface area contributed by atoms with Gasteiger partial charge in [0.25, 0.3) is 0 Å². The molecule has 0 aromatic rings. The molecule has 17 heavy (non-hydrogen) atoms. The molecular weight excluding hydrogens is 239 g/mol. The first-order valence-electron chi connectivity index (χ1n) is 5.48. The highest BCUT2D eigenvalue weighted by atomic mass is 19.4. The molecule has 0 unspecified atom stereocenters. The summed E-state index contributed by atoms with van der Waals surface area (Å²) in [5, 5.41) is 9.12. The Morgan fingerprint density at radius 3 is 2.65 bits per heavy atom. The van der Waals surface area contributed by atoms with Crippen LogP contribution in [-0.4, -0.2) is 68.3 Å². The number of nitrogens with zero attached hydrogens (tertiary/aromatic N) is 1. The first-order valence-corrected chi connectivity index (χ1v) is 5.48. The Bertz CT molecular complexity index is 225. The number of aliphatic hydroxyl groups is 1. The number of ether oxygens (including phenoxy) is 2. The van der Waals surface area contributed by atoms with E-state index in [4.69, 9.17) is 9.84 Å². The zero-order chi connectivity index (χ0) is 12.9. The lowest BCUT2D eigenvalue weighted by molar-refractivity contribution is -0.174. The minimum absolute atomic E-state index is 0.00639. The van der Waals surface area contributed by atoms with Crippen molar-refractivity contribution in [1.29, 1.82) is 0 Å². The highest BCUT2D eigenvalue weighted by Crippen LogP contribution is 2.19. The summed E-state index contributed by atoms with van der Waals surface area (Å²) in [5.74, 6) is 0. The molecule has 1 N–H and O–H groups in total. The van der Waals surface area contributed by atoms with Gasteiger partial charge in [-0.15, -0.1) is 0 Å². The number of alkyl halides is 3. The van der Waals surface area contributed by atoms with E-state index in [0.717, 1.165) is 0 Å². The Labute approximate surface area is 98.3 Å². The summed E-state index contributed by atoms with van der Waals surface area (Å²) in [7, 11) is 1.59. The maximum atomic E-state index is 11.8. The van der Waals surface area contributed by atoms with Gasteiger partial charge in [0.2, 0.25) is 0 Å². The van der Waals surface area contributed by atoms with E-state index in [1.807, 2.05) is 4.90 Å². The number of methoxy groups -OCH3 is 1. The lowest BCUT2D eigenvalue weighted by Gasteiger charge is -2.22. The minimum Gasteiger partial charge on any atom is -0.395 e. The molecule has 0 saturated carbocycles. The molecule has 4 nitrogen and oxygen atoms in total. The Morgan fingerprint density at radius 1 is 1.41 bits per heavy atom. The number of rotatable bonds is 6. The Balaban J connectivity index is 2.22. The normalized spacial score (nSPS) is 26.6. The van der Waals surface area contributed by atoms with Gasteiger partial charge in [0.05, 0.1) is 19.3 Å². The quantitative estimate of drug-likeness (QED) is 0.709. The van der Waals surface area contributed by atoms with E-state index in [9.17, 15) is 13.2 Å². The molecule has 1 saturated heterocycles. The summed E-state index contributed by atoms with van der Waals surface area (Å²) >= 11 is 0. The van der Waals surface area contributed by atoms with Crippen molar-refractivity contribution in [2.45, 2.75) is 24.7 Å². The Kier molecular flexibility index (Phi) is 5.64. The topological polar surface area (TPSA) is 41.9 Å². The molecule has 0 aromatic carbocycles. The third-order valence-corrected chi connectivity index (χ3v) is 2.82. The van der Waals surface area contributed by atoms with Gasteiger partial charge in [-0.05, 0) is 6.42 Å². The number of hydrogen-bond acceptors (Lipinski definition) is 4. The largest absolute Gasteiger partial charge is 0.411 e. The van der Waals surface area contributed by atoms with E-state index in [2.05, 4.69) is 4.74 Å². The highest BCUT2D eigenvalue weighted by molar-refractivity contribution is 4.85. The fourth-order valence-corrected chi connectivity index (χ4v) is 1.94. The fourth-order valence-electron chi connectivity index (χ4n) is 1.94. The fraction of sp³-hybridized carbons (Fsp3) is 1.00. The van der Waals surface area contributed by atoms with Crippen molar-refractivity contribution in [3.05, 3.63) is 0 Å². The van der Waals surface area contributed by atoms with Gasteiger partial charge in [0.15, 0.2) is 0 Å². The van der Waals surface area contributed by atoms with Crippen molar-refractivity contribution >= 4 is 0 Å². The smallest absolute Gasteiger partial charge is 0.395 e. The molecule has 102 valence electrons. The molecule has 0 aromatic heterocycles. The van der Waals surface area contributed by atoms with Gasteiger partial charge in [-0.25, -0.2) is 0 Å². The van der Waals surface area contributed by atoms with E-state index in [-0.39, 0.29) is 25.4 Å². The molecule has 0 bridgehead atoms. The van der Waals surface area contributed by atoms with Gasteiger partial charge in [-0.2, -0.15) is 13.2 Å². The second-order valence-electron chi connectivity index (χ2n) is 4.09. The van der Waals surface area contributed by atoms with Crippen LogP contribution < -0.4 is 0 Å². The summed E-state index contributed by atoms with van der Waals surface area (Å²) < 4.78 is 45.1. The van der Waals surface area contributed by atoms with Crippen LogP contribution >= 0.6 is 0 Å². The summed E-state index contributed by atoms with van der Waals surface area (Å²) in [6.45, 7) is -0.234. The van der Waals surface area contributed by atoms with E-state index in [1.54, 1.807) is 7.11 Å². The van der Waals surface area contributed by atoms with Crippen LogP contribution in [0.1, 0.15) is 6.42 Å². The van der Waals surface area contributed by atoms with Crippen LogP contribution in [0.25, 0.3) is 0 Å². The third-order valence-electron chi connectivity index (χ3n) is 2.82. The van der Waals surface area contributed by atoms with E-state index in [1.165, 1.54) is 0 Å². The van der Waals surface area contributed by atoms with Crippen molar-refractivity contribution in [2.75, 3.05) is 40.0 Å². The van der Waals surface area contributed by atoms with Crippen molar-refractivity contribution < 1.29 is 27.8 Å². The molecule has 0 spiro atoms. The van der Waals surface area contributed by atoms with Crippen LogP contribution in [0, 0.1) is 0 Å². The van der Waals surface area contributed by atoms with Crippen LogP contribution in [0.4, 0.5) is 13.2 Å². The van der Waals surface area contributed by atoms with Crippen molar-refractivity contribution in [3.8, 4) is 0 Å². The Hall–Kier alpha value is -0.370. The monoisotopic (exact) mass is 257 g/mol. The number of halogens is 3. The van der Waals surface area contributed by atoms with Gasteiger partial charge >= 0.3 is 6.18 Å². The number of likely N-dealkylation sites (tertiary alicyclic amines) is 1. The van der Waals surface area contributed by atoms with E-state index in [0.29, 0.717) is 19.5 Å². The lowest BCUT2D eigenvalue weighted by Crippen LogP contribution is -2.35. The molecular formula is C10H18F3NO3. The predicted molar refractivity (Wildman–Crippen MR) is 54.7 cm³/mol. The maximum Gasteiger partial charge on any atom is 0.411 e. The molecule has 2 atom stereocenters. The SMILES string of the molecule is CO[C@@H]1C[C@@H](CO)N(CCOCC(F)(F)F)C1. The highest BCUT2D eigenvalue weighted by Gasteiger charge is 2.32. The van der Waals surface area contributed by atoms with Crippen LogP contribution in [0.5, 0.6) is 0 Å². The molecule has 7 heteroatoms. The standard InChI is InChI=1S/C10H18F3NO3/c1-16-9-4-8(6-15)14(5-9)2-3-17-7-10(11,12)13/h8-9,15H,2-7H2,1H3/t8-,9+/m0/s1. The molecule has 0 radical (unpaired) electrons. The average molecular weight is 257 g/mol. The first kappa shape index (κ1) is 14.7. The summed E-state index contributed by atoms with van der Waals surface area (Å²) in [4.78, 5) is 1.89. The molecule has 1 rings (SSSR count). The summed E-state index contributed by atoms with van der Waals surface area (Å²) in [5.41, 5.74) is 0. The summed E-state index contributed by atoms with van der Waals surface area (Å²) in [6.07, 6.45) is -3.54. The van der Waals surface area contributed by atoms with E-state index < -0.39 is 12.8 Å². The molecule has 1 fully saturated rings. The van der Waals surface area contributed by atoms with Crippen molar-refractivity contribution in [1.82, 2.24) is 4.90 Å². The maximum absolute atomic E-state index is 11.8. The Morgan fingerprint density at radius 2 is 2.12 bits per heavy atom. The van der Waals surface area contributed by atoms with Crippen LogP contribution in [-0.2, 0) is 9.47 Å². The van der Waals surface area contributed by atoms with Gasteiger partial charge in [0, 0.05) is 26.2 Å². The molecule has 1 aliphatic rings. The molecule has 1 heterocycles. The van der Waals surface area contributed by atoms with Crippen LogP contribution in [0.15, 0.2) is 0 Å². The van der Waals surface area contributed by atoms with Crippen LogP contribution in [0.3, 0.4) is 0 Å². The molecule has 0 aliphatic carbocycles. The minimum atomic E-state index is -4.28. The lowest BCUT2D eigenvalue weighted by atomic mass is 10.2. The average Bonchev–Trinajstić information content (AvgIpc) is 2.65. The first-order chi connectivity index (χ1) is 7.96. The predicted octanol–water partition coefficient (Wildman–Crippen LogP) is 0.647. The zero-order valence-corrected chi connectivity index (χ0v) is 9.74. The second kappa shape index (κ2) is 6.53. The third kappa shape index (κ3) is 5.20.